The van der Waals surface area contributed by atoms with Crippen molar-refractivity contribution in [2.75, 3.05) is 6.54 Å². The Morgan fingerprint density at radius 1 is 1.28 bits per heavy atom. The van der Waals surface area contributed by atoms with E-state index in [9.17, 15) is 9.59 Å². The lowest BCUT2D eigenvalue weighted by molar-refractivity contribution is -0.121. The first-order valence-corrected chi connectivity index (χ1v) is 6.68. The van der Waals surface area contributed by atoms with Gasteiger partial charge in [0.15, 0.2) is 0 Å². The summed E-state index contributed by atoms with van der Waals surface area (Å²) in [7, 11) is 0. The number of aromatic nitrogens is 1. The van der Waals surface area contributed by atoms with Gasteiger partial charge in [0, 0.05) is 18.8 Å². The first-order valence-electron chi connectivity index (χ1n) is 6.68. The number of hydrogen-bond acceptors (Lipinski definition) is 2. The Balaban J connectivity index is 1.78. The molecule has 2 rings (SSSR count). The second-order valence-electron chi connectivity index (χ2n) is 4.97. The normalized spacial score (nSPS) is 16.4. The number of hydrogen-bond donors (Lipinski definition) is 1. The lowest BCUT2D eigenvalue weighted by atomic mass is 9.89. The molecular formula is C14H20N2O2. The van der Waals surface area contributed by atoms with Crippen LogP contribution in [0.3, 0.4) is 0 Å². The minimum absolute atomic E-state index is 0.0751. The standard InChI is InChI=1S/C14H20N2O2/c17-13(11-16-9-5-4-8-14(16)18)15-10-12-6-2-1-3-7-12/h4-5,8-9,12H,1-3,6-7,10-11H2,(H,15,17). The largest absolute Gasteiger partial charge is 0.354 e. The van der Waals surface area contributed by atoms with E-state index in [-0.39, 0.29) is 18.0 Å². The third-order valence-corrected chi connectivity index (χ3v) is 3.53. The van der Waals surface area contributed by atoms with Crippen LogP contribution in [-0.4, -0.2) is 17.0 Å². The molecule has 0 aliphatic heterocycles. The third-order valence-electron chi connectivity index (χ3n) is 3.53. The zero-order chi connectivity index (χ0) is 12.8. The van der Waals surface area contributed by atoms with E-state index in [0.717, 1.165) is 6.54 Å². The summed E-state index contributed by atoms with van der Waals surface area (Å²) in [5.41, 5.74) is -0.134. The van der Waals surface area contributed by atoms with Crippen LogP contribution in [0, 0.1) is 5.92 Å². The second-order valence-corrected chi connectivity index (χ2v) is 4.97. The summed E-state index contributed by atoms with van der Waals surface area (Å²) in [6.07, 6.45) is 7.95. The van der Waals surface area contributed by atoms with Gasteiger partial charge in [-0.15, -0.1) is 0 Å². The molecule has 1 aromatic rings. The van der Waals surface area contributed by atoms with Crippen LogP contribution in [0.1, 0.15) is 32.1 Å². The van der Waals surface area contributed by atoms with Crippen LogP contribution in [0.4, 0.5) is 0 Å². The lowest BCUT2D eigenvalue weighted by Crippen LogP contribution is -2.35. The SMILES string of the molecule is O=C(Cn1ccccc1=O)NCC1CCCCC1. The van der Waals surface area contributed by atoms with Gasteiger partial charge in [0.05, 0.1) is 0 Å². The third kappa shape index (κ3) is 3.72. The summed E-state index contributed by atoms with van der Waals surface area (Å²) in [4.78, 5) is 23.2. The van der Waals surface area contributed by atoms with Gasteiger partial charge in [-0.1, -0.05) is 25.3 Å². The smallest absolute Gasteiger partial charge is 0.250 e. The van der Waals surface area contributed by atoms with E-state index in [0.29, 0.717) is 5.92 Å². The minimum Gasteiger partial charge on any atom is -0.354 e. The Hall–Kier alpha value is -1.58. The number of nitrogens with zero attached hydrogens (tertiary/aromatic N) is 1. The van der Waals surface area contributed by atoms with E-state index < -0.39 is 0 Å². The maximum Gasteiger partial charge on any atom is 0.250 e. The van der Waals surface area contributed by atoms with Crippen molar-refractivity contribution in [3.8, 4) is 0 Å². The van der Waals surface area contributed by atoms with Crippen molar-refractivity contribution in [2.45, 2.75) is 38.6 Å². The molecule has 0 unspecified atom stereocenters. The van der Waals surface area contributed by atoms with E-state index >= 15 is 0 Å². The number of pyridine rings is 1. The van der Waals surface area contributed by atoms with E-state index in [1.807, 2.05) is 0 Å². The molecule has 1 saturated carbocycles. The van der Waals surface area contributed by atoms with Gasteiger partial charge in [-0.05, 0) is 24.8 Å². The van der Waals surface area contributed by atoms with Gasteiger partial charge in [-0.25, -0.2) is 0 Å². The molecule has 0 atom stereocenters. The highest BCUT2D eigenvalue weighted by molar-refractivity contribution is 5.75. The van der Waals surface area contributed by atoms with Gasteiger partial charge < -0.3 is 9.88 Å². The van der Waals surface area contributed by atoms with Gasteiger partial charge in [0.1, 0.15) is 6.54 Å². The van der Waals surface area contributed by atoms with E-state index in [1.54, 1.807) is 18.3 Å². The Kier molecular flexibility index (Phi) is 4.56. The van der Waals surface area contributed by atoms with Crippen molar-refractivity contribution in [3.05, 3.63) is 34.7 Å². The predicted octanol–water partition coefficient (Wildman–Crippen LogP) is 1.54. The maximum absolute atomic E-state index is 11.7. The molecule has 4 nitrogen and oxygen atoms in total. The zero-order valence-corrected chi connectivity index (χ0v) is 10.6. The van der Waals surface area contributed by atoms with E-state index in [4.69, 9.17) is 0 Å². The molecular weight excluding hydrogens is 228 g/mol. The van der Waals surface area contributed by atoms with Crippen LogP contribution >= 0.6 is 0 Å². The van der Waals surface area contributed by atoms with Crippen molar-refractivity contribution in [1.29, 1.82) is 0 Å². The van der Waals surface area contributed by atoms with E-state index in [2.05, 4.69) is 5.32 Å². The van der Waals surface area contributed by atoms with Crippen molar-refractivity contribution < 1.29 is 4.79 Å². The van der Waals surface area contributed by atoms with Crippen molar-refractivity contribution in [1.82, 2.24) is 9.88 Å². The fraction of sp³-hybridized carbons (Fsp3) is 0.571. The zero-order valence-electron chi connectivity index (χ0n) is 10.6. The molecule has 1 fully saturated rings. The molecule has 1 N–H and O–H groups in total. The van der Waals surface area contributed by atoms with Crippen molar-refractivity contribution >= 4 is 5.91 Å². The highest BCUT2D eigenvalue weighted by Crippen LogP contribution is 2.22. The molecule has 18 heavy (non-hydrogen) atoms. The van der Waals surface area contributed by atoms with Crippen LogP contribution in [0.25, 0.3) is 0 Å². The number of amides is 1. The van der Waals surface area contributed by atoms with Gasteiger partial charge in [0.2, 0.25) is 5.91 Å². The van der Waals surface area contributed by atoms with Gasteiger partial charge in [-0.2, -0.15) is 0 Å². The van der Waals surface area contributed by atoms with Crippen molar-refractivity contribution in [3.63, 3.8) is 0 Å². The first kappa shape index (κ1) is 12.9. The molecule has 1 heterocycles. The molecule has 0 aromatic carbocycles. The molecule has 0 spiro atoms. The Labute approximate surface area is 107 Å². The highest BCUT2D eigenvalue weighted by Gasteiger charge is 2.14. The molecule has 1 aliphatic rings. The van der Waals surface area contributed by atoms with Crippen LogP contribution in [0.15, 0.2) is 29.2 Å². The summed E-state index contributed by atoms with van der Waals surface area (Å²) in [5, 5.41) is 2.93. The molecule has 1 aromatic heterocycles. The summed E-state index contributed by atoms with van der Waals surface area (Å²) in [6, 6.07) is 4.91. The molecule has 98 valence electrons. The number of rotatable bonds is 4. The number of carbonyl (C=O) groups excluding carboxylic acids is 1. The second kappa shape index (κ2) is 6.38. The van der Waals surface area contributed by atoms with Crippen LogP contribution < -0.4 is 10.9 Å². The van der Waals surface area contributed by atoms with Gasteiger partial charge in [-0.3, -0.25) is 9.59 Å². The number of carbonyl (C=O) groups is 1. The minimum atomic E-state index is -0.134. The first-order chi connectivity index (χ1) is 8.75. The predicted molar refractivity (Wildman–Crippen MR) is 70.3 cm³/mol. The quantitative estimate of drug-likeness (QED) is 0.878. The van der Waals surface area contributed by atoms with E-state index in [1.165, 1.54) is 42.7 Å². The molecule has 1 aliphatic carbocycles. The Bertz CT molecular complexity index is 447. The Morgan fingerprint density at radius 3 is 2.78 bits per heavy atom. The van der Waals surface area contributed by atoms with Crippen LogP contribution in [0.2, 0.25) is 0 Å². The topological polar surface area (TPSA) is 51.1 Å². The monoisotopic (exact) mass is 248 g/mol. The average molecular weight is 248 g/mol. The molecule has 0 bridgehead atoms. The summed E-state index contributed by atoms with van der Waals surface area (Å²) < 4.78 is 1.43. The summed E-state index contributed by atoms with van der Waals surface area (Å²) in [5.74, 6) is 0.545. The van der Waals surface area contributed by atoms with Gasteiger partial charge in [0.25, 0.3) is 5.56 Å². The highest BCUT2D eigenvalue weighted by atomic mass is 16.2. The fourth-order valence-electron chi connectivity index (χ4n) is 2.45. The molecule has 0 saturated heterocycles. The molecule has 0 radical (unpaired) electrons. The maximum atomic E-state index is 11.7. The Morgan fingerprint density at radius 2 is 2.06 bits per heavy atom. The van der Waals surface area contributed by atoms with Crippen LogP contribution in [0.5, 0.6) is 0 Å². The van der Waals surface area contributed by atoms with Gasteiger partial charge >= 0.3 is 0 Å². The molecule has 4 heteroatoms. The lowest BCUT2D eigenvalue weighted by Gasteiger charge is -2.21. The number of nitrogens with one attached hydrogen (secondary N) is 1. The van der Waals surface area contributed by atoms with Crippen molar-refractivity contribution in [2.24, 2.45) is 5.92 Å². The van der Waals surface area contributed by atoms with Crippen LogP contribution in [-0.2, 0) is 11.3 Å². The average Bonchev–Trinajstić information content (AvgIpc) is 2.40. The summed E-state index contributed by atoms with van der Waals surface area (Å²) >= 11 is 0. The molecule has 1 amide bonds. The fourth-order valence-corrected chi connectivity index (χ4v) is 2.45. The summed E-state index contributed by atoms with van der Waals surface area (Å²) in [6.45, 7) is 0.868.